The molecule has 1 aliphatic heterocycles. The minimum Gasteiger partial charge on any atom is -0.387 e. The summed E-state index contributed by atoms with van der Waals surface area (Å²) in [5.41, 5.74) is 4.71. The third kappa shape index (κ3) is 2.77. The molecule has 118 valence electrons. The van der Waals surface area contributed by atoms with Crippen molar-refractivity contribution in [2.75, 3.05) is 19.6 Å². The molecule has 0 amide bonds. The predicted molar refractivity (Wildman–Crippen MR) is 67.0 cm³/mol. The van der Waals surface area contributed by atoms with E-state index in [1.165, 1.54) is 0 Å². The van der Waals surface area contributed by atoms with Crippen LogP contribution in [0.4, 0.5) is 13.2 Å². The highest BCUT2D eigenvalue weighted by atomic mass is 19.4. The number of nitrogens with zero attached hydrogens (tertiary/aromatic N) is 4. The summed E-state index contributed by atoms with van der Waals surface area (Å²) < 4.78 is 39.4. The molecule has 0 radical (unpaired) electrons. The molecule has 21 heavy (non-hydrogen) atoms. The average Bonchev–Trinajstić information content (AvgIpc) is 3.18. The van der Waals surface area contributed by atoms with Crippen molar-refractivity contribution in [3.8, 4) is 0 Å². The summed E-state index contributed by atoms with van der Waals surface area (Å²) in [7, 11) is 0. The highest BCUT2D eigenvalue weighted by Gasteiger charge is 2.45. The zero-order valence-electron chi connectivity index (χ0n) is 11.5. The molecule has 1 unspecified atom stereocenters. The van der Waals surface area contributed by atoms with E-state index in [-0.39, 0.29) is 31.4 Å². The third-order valence-electron chi connectivity index (χ3n) is 4.27. The van der Waals surface area contributed by atoms with Gasteiger partial charge in [-0.05, 0) is 18.8 Å². The van der Waals surface area contributed by atoms with E-state index in [2.05, 4.69) is 10.2 Å². The van der Waals surface area contributed by atoms with Crippen LogP contribution in [0.3, 0.4) is 0 Å². The maximum absolute atomic E-state index is 12.8. The molecule has 1 aromatic rings. The van der Waals surface area contributed by atoms with Crippen LogP contribution in [0.2, 0.25) is 0 Å². The van der Waals surface area contributed by atoms with Gasteiger partial charge in [0.25, 0.3) is 0 Å². The molecular weight excluding hydrogens is 287 g/mol. The van der Waals surface area contributed by atoms with E-state index >= 15 is 0 Å². The van der Waals surface area contributed by atoms with Gasteiger partial charge in [0.05, 0.1) is 12.1 Å². The van der Waals surface area contributed by atoms with Gasteiger partial charge >= 0.3 is 6.18 Å². The largest absolute Gasteiger partial charge is 0.451 e. The molecule has 1 saturated carbocycles. The van der Waals surface area contributed by atoms with Crippen molar-refractivity contribution in [2.24, 2.45) is 11.7 Å². The van der Waals surface area contributed by atoms with Crippen LogP contribution in [0, 0.1) is 5.92 Å². The second-order valence-electron chi connectivity index (χ2n) is 5.88. The van der Waals surface area contributed by atoms with Crippen LogP contribution >= 0.6 is 0 Å². The first-order chi connectivity index (χ1) is 9.83. The van der Waals surface area contributed by atoms with Gasteiger partial charge in [0.2, 0.25) is 5.82 Å². The van der Waals surface area contributed by atoms with Crippen LogP contribution in [0.15, 0.2) is 0 Å². The van der Waals surface area contributed by atoms with E-state index in [9.17, 15) is 18.3 Å². The number of hydrogen-bond donors (Lipinski definition) is 2. The van der Waals surface area contributed by atoms with Crippen LogP contribution in [-0.4, -0.2) is 50.0 Å². The maximum atomic E-state index is 12.8. The molecule has 1 aliphatic carbocycles. The fraction of sp³-hybridized carbons (Fsp3) is 0.833. The molecule has 1 aromatic heterocycles. The van der Waals surface area contributed by atoms with E-state index in [1.807, 2.05) is 4.90 Å². The van der Waals surface area contributed by atoms with Crippen LogP contribution < -0.4 is 5.73 Å². The van der Waals surface area contributed by atoms with Gasteiger partial charge in [-0.3, -0.25) is 4.90 Å². The van der Waals surface area contributed by atoms with Gasteiger partial charge in [-0.15, -0.1) is 10.2 Å². The summed E-state index contributed by atoms with van der Waals surface area (Å²) in [6, 6.07) is 0. The standard InChI is InChI=1S/C12H18F3N5O/c13-12(14,15)10-18-17-9-5-19(3-4-20(9)10)7-11(21,6-16)8-1-2-8/h8,21H,1-7,16H2. The SMILES string of the molecule is NCC(O)(CN1CCn2c(nnc2C(F)(F)F)C1)C1CC1. The molecule has 0 aromatic carbocycles. The van der Waals surface area contributed by atoms with Crippen LogP contribution in [0.5, 0.6) is 0 Å². The summed E-state index contributed by atoms with van der Waals surface area (Å²) in [5, 5.41) is 17.4. The molecule has 1 atom stereocenters. The molecule has 6 nitrogen and oxygen atoms in total. The molecule has 1 fully saturated rings. The predicted octanol–water partition coefficient (Wildman–Crippen LogP) is 0.212. The first-order valence-electron chi connectivity index (χ1n) is 6.97. The lowest BCUT2D eigenvalue weighted by Crippen LogP contribution is -2.51. The van der Waals surface area contributed by atoms with Crippen molar-refractivity contribution < 1.29 is 18.3 Å². The number of rotatable bonds is 4. The lowest BCUT2D eigenvalue weighted by atomic mass is 9.97. The Balaban J connectivity index is 1.72. The molecule has 9 heteroatoms. The maximum Gasteiger partial charge on any atom is 0.451 e. The first kappa shape index (κ1) is 14.7. The number of β-amino-alcohol motifs (C(OH)–C–C–N with tert-alkyl or cyclic N) is 1. The Morgan fingerprint density at radius 3 is 2.52 bits per heavy atom. The number of halogens is 3. The number of aromatic nitrogens is 3. The summed E-state index contributed by atoms with van der Waals surface area (Å²) >= 11 is 0. The summed E-state index contributed by atoms with van der Waals surface area (Å²) in [5.74, 6) is -0.467. The van der Waals surface area contributed by atoms with Crippen molar-refractivity contribution in [3.63, 3.8) is 0 Å². The molecule has 2 heterocycles. The van der Waals surface area contributed by atoms with Crippen LogP contribution in [0.1, 0.15) is 24.5 Å². The van der Waals surface area contributed by atoms with Gasteiger partial charge < -0.3 is 15.4 Å². The Kier molecular flexibility index (Phi) is 3.45. The molecule has 0 bridgehead atoms. The number of fused-ring (bicyclic) bond motifs is 1. The first-order valence-corrected chi connectivity index (χ1v) is 6.97. The Morgan fingerprint density at radius 1 is 1.24 bits per heavy atom. The average molecular weight is 305 g/mol. The van der Waals surface area contributed by atoms with Crippen LogP contribution in [0.25, 0.3) is 0 Å². The van der Waals surface area contributed by atoms with Crippen molar-refractivity contribution in [2.45, 2.75) is 37.7 Å². The zero-order valence-corrected chi connectivity index (χ0v) is 11.5. The Hall–Kier alpha value is -1.19. The number of alkyl halides is 3. The van der Waals surface area contributed by atoms with Gasteiger partial charge in [0.15, 0.2) is 0 Å². The molecule has 2 aliphatic rings. The van der Waals surface area contributed by atoms with Crippen LogP contribution in [-0.2, 0) is 19.3 Å². The second-order valence-corrected chi connectivity index (χ2v) is 5.88. The highest BCUT2D eigenvalue weighted by Crippen LogP contribution is 2.40. The molecule has 0 saturated heterocycles. The fourth-order valence-corrected chi connectivity index (χ4v) is 2.92. The van der Waals surface area contributed by atoms with E-state index in [1.54, 1.807) is 0 Å². The second kappa shape index (κ2) is 4.92. The van der Waals surface area contributed by atoms with Crippen molar-refractivity contribution in [1.82, 2.24) is 19.7 Å². The van der Waals surface area contributed by atoms with Gasteiger partial charge in [-0.2, -0.15) is 13.2 Å². The van der Waals surface area contributed by atoms with Crippen molar-refractivity contribution >= 4 is 0 Å². The minimum absolute atomic E-state index is 0.161. The smallest absolute Gasteiger partial charge is 0.387 e. The molecule has 3 rings (SSSR count). The van der Waals surface area contributed by atoms with Gasteiger partial charge in [0.1, 0.15) is 5.82 Å². The number of hydrogen-bond acceptors (Lipinski definition) is 5. The van der Waals surface area contributed by atoms with Crippen molar-refractivity contribution in [1.29, 1.82) is 0 Å². The fourth-order valence-electron chi connectivity index (χ4n) is 2.92. The zero-order chi connectivity index (χ0) is 15.3. The lowest BCUT2D eigenvalue weighted by molar-refractivity contribution is -0.148. The Labute approximate surface area is 119 Å². The Morgan fingerprint density at radius 2 is 1.95 bits per heavy atom. The van der Waals surface area contributed by atoms with Gasteiger partial charge in [-0.1, -0.05) is 0 Å². The van der Waals surface area contributed by atoms with E-state index in [4.69, 9.17) is 5.73 Å². The topological polar surface area (TPSA) is 80.2 Å². The van der Waals surface area contributed by atoms with Gasteiger partial charge in [-0.25, -0.2) is 0 Å². The molecular formula is C12H18F3N5O. The molecule has 0 spiro atoms. The number of nitrogens with two attached hydrogens (primary N) is 1. The quantitative estimate of drug-likeness (QED) is 0.831. The summed E-state index contributed by atoms with van der Waals surface area (Å²) in [4.78, 5) is 1.90. The monoisotopic (exact) mass is 305 g/mol. The lowest BCUT2D eigenvalue weighted by Gasteiger charge is -2.35. The Bertz CT molecular complexity index is 527. The highest BCUT2D eigenvalue weighted by molar-refractivity contribution is 5.04. The minimum atomic E-state index is -4.49. The number of aliphatic hydroxyl groups is 1. The summed E-state index contributed by atoms with van der Waals surface area (Å²) in [6.45, 7) is 1.36. The van der Waals surface area contributed by atoms with E-state index in [0.29, 0.717) is 13.1 Å². The summed E-state index contributed by atoms with van der Waals surface area (Å²) in [6.07, 6.45) is -2.58. The normalized spacial score (nSPS) is 22.9. The van der Waals surface area contributed by atoms with Crippen molar-refractivity contribution in [3.05, 3.63) is 11.6 Å². The third-order valence-corrected chi connectivity index (χ3v) is 4.27. The van der Waals surface area contributed by atoms with E-state index < -0.39 is 17.6 Å². The van der Waals surface area contributed by atoms with Gasteiger partial charge in [0, 0.05) is 26.2 Å². The van der Waals surface area contributed by atoms with E-state index in [0.717, 1.165) is 17.4 Å². The molecule has 3 N–H and O–H groups in total.